The summed E-state index contributed by atoms with van der Waals surface area (Å²) in [6.07, 6.45) is 4.23. The molecule has 4 nitrogen and oxygen atoms in total. The number of benzene rings is 1. The fraction of sp³-hybridized carbons (Fsp3) is 0.438. The number of likely N-dealkylation sites (tertiary alicyclic amines) is 1. The number of para-hydroxylation sites is 1. The lowest BCUT2D eigenvalue weighted by Crippen LogP contribution is -2.38. The zero-order chi connectivity index (χ0) is 14.1. The Bertz CT molecular complexity index is 632. The van der Waals surface area contributed by atoms with Crippen molar-refractivity contribution in [1.82, 2.24) is 9.88 Å². The number of amides is 1. The number of aromatic nitrogens is 1. The third-order valence-corrected chi connectivity index (χ3v) is 4.26. The highest BCUT2D eigenvalue weighted by atomic mass is 16.3. The van der Waals surface area contributed by atoms with E-state index in [1.807, 2.05) is 17.2 Å². The van der Waals surface area contributed by atoms with Gasteiger partial charge in [-0.25, -0.2) is 0 Å². The minimum atomic E-state index is 0.00874. The van der Waals surface area contributed by atoms with Crippen molar-refractivity contribution in [3.05, 3.63) is 35.5 Å². The maximum Gasteiger partial charge on any atom is 0.227 e. The molecule has 1 saturated heterocycles. The number of hydrogen-bond acceptors (Lipinski definition) is 2. The number of hydrogen-bond donors (Lipinski definition) is 2. The molecular formula is C16H20N2O2. The van der Waals surface area contributed by atoms with Crippen LogP contribution in [0, 0.1) is 6.92 Å². The molecule has 2 N–H and O–H groups in total. The molecule has 0 radical (unpaired) electrons. The molecule has 1 aliphatic rings. The number of aryl methyl sites for hydroxylation is 1. The van der Waals surface area contributed by atoms with Crippen LogP contribution in [0.25, 0.3) is 10.9 Å². The predicted octanol–water partition coefficient (Wildman–Crippen LogP) is 2.00. The van der Waals surface area contributed by atoms with Gasteiger partial charge in [-0.15, -0.1) is 0 Å². The highest BCUT2D eigenvalue weighted by Crippen LogP contribution is 2.24. The molecule has 0 unspecified atom stereocenters. The summed E-state index contributed by atoms with van der Waals surface area (Å²) in [5.74, 6) is 0.115. The summed E-state index contributed by atoms with van der Waals surface area (Å²) in [6, 6.07) is 6.14. The van der Waals surface area contributed by atoms with Crippen LogP contribution in [-0.2, 0) is 11.2 Å². The molecule has 3 rings (SSSR count). The Morgan fingerprint density at radius 3 is 3.15 bits per heavy atom. The van der Waals surface area contributed by atoms with Gasteiger partial charge in [-0.3, -0.25) is 4.79 Å². The van der Waals surface area contributed by atoms with Gasteiger partial charge in [0.2, 0.25) is 5.91 Å². The van der Waals surface area contributed by atoms with Gasteiger partial charge in [-0.2, -0.15) is 0 Å². The largest absolute Gasteiger partial charge is 0.394 e. The smallest absolute Gasteiger partial charge is 0.227 e. The van der Waals surface area contributed by atoms with Gasteiger partial charge in [0.25, 0.3) is 0 Å². The number of H-pyrrole nitrogens is 1. The molecule has 1 amide bonds. The van der Waals surface area contributed by atoms with E-state index in [2.05, 4.69) is 24.0 Å². The van der Waals surface area contributed by atoms with Crippen LogP contribution in [-0.4, -0.2) is 40.1 Å². The van der Waals surface area contributed by atoms with Crippen LogP contribution in [0.3, 0.4) is 0 Å². The van der Waals surface area contributed by atoms with Crippen molar-refractivity contribution in [2.45, 2.75) is 32.2 Å². The van der Waals surface area contributed by atoms with Gasteiger partial charge in [-0.05, 0) is 30.9 Å². The third kappa shape index (κ3) is 2.20. The number of nitrogens with zero attached hydrogens (tertiary/aromatic N) is 1. The molecule has 1 fully saturated rings. The van der Waals surface area contributed by atoms with Crippen molar-refractivity contribution < 1.29 is 9.90 Å². The van der Waals surface area contributed by atoms with E-state index >= 15 is 0 Å². The van der Waals surface area contributed by atoms with Gasteiger partial charge >= 0.3 is 0 Å². The van der Waals surface area contributed by atoms with Crippen LogP contribution in [0.4, 0.5) is 0 Å². The Hall–Kier alpha value is -1.81. The number of carbonyl (C=O) groups excluding carboxylic acids is 1. The van der Waals surface area contributed by atoms with E-state index < -0.39 is 0 Å². The molecule has 1 atom stereocenters. The first-order chi connectivity index (χ1) is 9.70. The van der Waals surface area contributed by atoms with E-state index in [1.165, 1.54) is 5.56 Å². The first-order valence-corrected chi connectivity index (χ1v) is 7.16. The molecule has 0 aliphatic carbocycles. The summed E-state index contributed by atoms with van der Waals surface area (Å²) in [7, 11) is 0. The normalized spacial score (nSPS) is 18.9. The van der Waals surface area contributed by atoms with Crippen LogP contribution in [0.1, 0.15) is 24.0 Å². The Morgan fingerprint density at radius 1 is 1.50 bits per heavy atom. The van der Waals surface area contributed by atoms with E-state index in [-0.39, 0.29) is 18.6 Å². The number of aromatic amines is 1. The minimum absolute atomic E-state index is 0.00874. The SMILES string of the molecule is Cc1cccc2c(CC(=O)N3CCC[C@H]3CO)c[nH]c12. The van der Waals surface area contributed by atoms with E-state index in [4.69, 9.17) is 0 Å². The lowest BCUT2D eigenvalue weighted by Gasteiger charge is -2.22. The highest BCUT2D eigenvalue weighted by Gasteiger charge is 2.28. The molecule has 1 aliphatic heterocycles. The predicted molar refractivity (Wildman–Crippen MR) is 78.6 cm³/mol. The maximum atomic E-state index is 12.4. The summed E-state index contributed by atoms with van der Waals surface area (Å²) in [5.41, 5.74) is 3.34. The summed E-state index contributed by atoms with van der Waals surface area (Å²) >= 11 is 0. The molecule has 0 bridgehead atoms. The number of aliphatic hydroxyl groups is 1. The van der Waals surface area contributed by atoms with Gasteiger partial charge in [0.1, 0.15) is 0 Å². The van der Waals surface area contributed by atoms with Crippen LogP contribution in [0.2, 0.25) is 0 Å². The van der Waals surface area contributed by atoms with Gasteiger partial charge in [0, 0.05) is 23.6 Å². The third-order valence-electron chi connectivity index (χ3n) is 4.26. The standard InChI is InChI=1S/C16H20N2O2/c1-11-4-2-6-14-12(9-17-16(11)14)8-15(20)18-7-3-5-13(18)10-19/h2,4,6,9,13,17,19H,3,5,7-8,10H2,1H3/t13-/m0/s1. The fourth-order valence-corrected chi connectivity index (χ4v) is 3.13. The average molecular weight is 272 g/mol. The Balaban J connectivity index is 1.83. The molecular weight excluding hydrogens is 252 g/mol. The quantitative estimate of drug-likeness (QED) is 0.898. The number of fused-ring (bicyclic) bond motifs is 1. The van der Waals surface area contributed by atoms with Gasteiger partial charge in [-0.1, -0.05) is 18.2 Å². The number of carbonyl (C=O) groups is 1. The summed E-state index contributed by atoms with van der Waals surface area (Å²) in [6.45, 7) is 2.90. The number of aliphatic hydroxyl groups excluding tert-OH is 1. The Labute approximate surface area is 118 Å². The topological polar surface area (TPSA) is 56.3 Å². The van der Waals surface area contributed by atoms with Crippen LogP contribution in [0.15, 0.2) is 24.4 Å². The lowest BCUT2D eigenvalue weighted by molar-refractivity contribution is -0.131. The van der Waals surface area contributed by atoms with Crippen molar-refractivity contribution in [2.75, 3.05) is 13.2 Å². The minimum Gasteiger partial charge on any atom is -0.394 e. The Morgan fingerprint density at radius 2 is 2.35 bits per heavy atom. The number of rotatable bonds is 3. The molecule has 1 aromatic heterocycles. The van der Waals surface area contributed by atoms with Crippen molar-refractivity contribution in [1.29, 1.82) is 0 Å². The lowest BCUT2D eigenvalue weighted by atomic mass is 10.1. The molecule has 1 aromatic carbocycles. The molecule has 4 heteroatoms. The molecule has 2 aromatic rings. The van der Waals surface area contributed by atoms with Crippen molar-refractivity contribution in [2.24, 2.45) is 0 Å². The van der Waals surface area contributed by atoms with Gasteiger partial charge in [0.05, 0.1) is 19.1 Å². The molecule has 2 heterocycles. The second-order valence-electron chi connectivity index (χ2n) is 5.55. The van der Waals surface area contributed by atoms with Gasteiger partial charge in [0.15, 0.2) is 0 Å². The van der Waals surface area contributed by atoms with Crippen molar-refractivity contribution >= 4 is 16.8 Å². The average Bonchev–Trinajstić information content (AvgIpc) is 3.06. The van der Waals surface area contributed by atoms with Crippen molar-refractivity contribution in [3.63, 3.8) is 0 Å². The summed E-state index contributed by atoms with van der Waals surface area (Å²) in [4.78, 5) is 17.5. The van der Waals surface area contributed by atoms with E-state index in [0.29, 0.717) is 6.42 Å². The monoisotopic (exact) mass is 272 g/mol. The second-order valence-corrected chi connectivity index (χ2v) is 5.55. The zero-order valence-electron chi connectivity index (χ0n) is 11.7. The Kier molecular flexibility index (Phi) is 3.49. The fourth-order valence-electron chi connectivity index (χ4n) is 3.13. The van der Waals surface area contributed by atoms with Crippen molar-refractivity contribution in [3.8, 4) is 0 Å². The number of nitrogens with one attached hydrogen (secondary N) is 1. The molecule has 0 spiro atoms. The van der Waals surface area contributed by atoms with Crippen LogP contribution in [0.5, 0.6) is 0 Å². The maximum absolute atomic E-state index is 12.4. The van der Waals surface area contributed by atoms with E-state index in [0.717, 1.165) is 35.9 Å². The molecule has 20 heavy (non-hydrogen) atoms. The van der Waals surface area contributed by atoms with E-state index in [1.54, 1.807) is 0 Å². The summed E-state index contributed by atoms with van der Waals surface area (Å²) in [5, 5.41) is 10.4. The summed E-state index contributed by atoms with van der Waals surface area (Å²) < 4.78 is 0. The van der Waals surface area contributed by atoms with Crippen LogP contribution >= 0.6 is 0 Å². The first kappa shape index (κ1) is 13.2. The van der Waals surface area contributed by atoms with E-state index in [9.17, 15) is 9.90 Å². The first-order valence-electron chi connectivity index (χ1n) is 7.16. The second kappa shape index (κ2) is 5.29. The molecule has 106 valence electrons. The van der Waals surface area contributed by atoms with Crippen LogP contribution < -0.4 is 0 Å². The zero-order valence-corrected chi connectivity index (χ0v) is 11.7. The van der Waals surface area contributed by atoms with Gasteiger partial charge < -0.3 is 15.0 Å². The molecule has 0 saturated carbocycles. The highest BCUT2D eigenvalue weighted by molar-refractivity contribution is 5.90.